The van der Waals surface area contributed by atoms with Crippen molar-refractivity contribution in [3.05, 3.63) is 44.0 Å². The Hall–Kier alpha value is -0.300. The fourth-order valence-corrected chi connectivity index (χ4v) is 4.84. The van der Waals surface area contributed by atoms with E-state index in [4.69, 9.17) is 27.9 Å². The molecule has 2 bridgehead atoms. The second kappa shape index (κ2) is 7.94. The third kappa shape index (κ3) is 3.48. The maximum Gasteiger partial charge on any atom is 0.310 e. The monoisotopic (exact) mass is 479 g/mol. The lowest BCUT2D eigenvalue weighted by Gasteiger charge is -2.43. The molecule has 2 aliphatic heterocycles. The van der Waals surface area contributed by atoms with Crippen molar-refractivity contribution in [1.82, 2.24) is 4.90 Å². The summed E-state index contributed by atoms with van der Waals surface area (Å²) in [5.41, 5.74) is 1.08. The second-order valence-corrected chi connectivity index (χ2v) is 7.96. The molecule has 1 aromatic rings. The number of nitrogens with zero attached hydrogens (tertiary/aromatic N) is 1. The molecular formula is C18H20Cl2INO2. The Labute approximate surface area is 166 Å². The van der Waals surface area contributed by atoms with Crippen molar-refractivity contribution in [3.63, 3.8) is 0 Å². The van der Waals surface area contributed by atoms with Crippen molar-refractivity contribution in [2.45, 2.75) is 37.3 Å². The first kappa shape index (κ1) is 18.5. The van der Waals surface area contributed by atoms with E-state index in [1.54, 1.807) is 0 Å². The Bertz CT molecular complexity index is 652. The van der Waals surface area contributed by atoms with Crippen LogP contribution in [-0.4, -0.2) is 36.6 Å². The molecule has 0 radical (unpaired) electrons. The summed E-state index contributed by atoms with van der Waals surface area (Å²) in [6.45, 7) is 0.889. The number of fused-ring (bicyclic) bond motifs is 2. The van der Waals surface area contributed by atoms with Gasteiger partial charge in [-0.2, -0.15) is 0 Å². The molecular weight excluding hydrogens is 460 g/mol. The first-order valence-corrected chi connectivity index (χ1v) is 10.1. The van der Waals surface area contributed by atoms with Crippen molar-refractivity contribution >= 4 is 51.8 Å². The highest BCUT2D eigenvalue weighted by atomic mass is 127. The fraction of sp³-hybridized carbons (Fsp3) is 0.500. The summed E-state index contributed by atoms with van der Waals surface area (Å²) in [7, 11) is 1.48. The SMILES string of the molecule is COC(=O)[C@H]1[C@@H](c2ccc(Cl)c(Cl)c2)C[C@@H]2CC[C@H]1N2C/C=C/[127I]. The minimum absolute atomic E-state index is 0.125. The maximum atomic E-state index is 12.6. The molecule has 3 nitrogen and oxygen atoms in total. The minimum atomic E-state index is -0.159. The van der Waals surface area contributed by atoms with Gasteiger partial charge >= 0.3 is 5.97 Å². The molecule has 6 heteroatoms. The van der Waals surface area contributed by atoms with Gasteiger partial charge in [0.1, 0.15) is 0 Å². The van der Waals surface area contributed by atoms with Gasteiger partial charge in [0.05, 0.1) is 23.1 Å². The molecule has 0 unspecified atom stereocenters. The van der Waals surface area contributed by atoms with E-state index in [9.17, 15) is 4.79 Å². The third-order valence-electron chi connectivity index (χ3n) is 5.32. The van der Waals surface area contributed by atoms with Crippen LogP contribution >= 0.6 is 45.8 Å². The van der Waals surface area contributed by atoms with Gasteiger partial charge in [0.15, 0.2) is 0 Å². The second-order valence-electron chi connectivity index (χ2n) is 6.42. The predicted molar refractivity (Wildman–Crippen MR) is 106 cm³/mol. The third-order valence-corrected chi connectivity index (χ3v) is 6.56. The Morgan fingerprint density at radius 1 is 1.38 bits per heavy atom. The largest absolute Gasteiger partial charge is 0.469 e. The minimum Gasteiger partial charge on any atom is -0.469 e. The average molecular weight is 480 g/mol. The Morgan fingerprint density at radius 2 is 2.17 bits per heavy atom. The summed E-state index contributed by atoms with van der Waals surface area (Å²) >= 11 is 14.5. The summed E-state index contributed by atoms with van der Waals surface area (Å²) in [6, 6.07) is 6.45. The van der Waals surface area contributed by atoms with Crippen LogP contribution in [0.3, 0.4) is 0 Å². The number of rotatable bonds is 4. The zero-order valence-corrected chi connectivity index (χ0v) is 17.1. The van der Waals surface area contributed by atoms with Crippen LogP contribution in [0.15, 0.2) is 28.4 Å². The van der Waals surface area contributed by atoms with Gasteiger partial charge < -0.3 is 4.74 Å². The normalized spacial score (nSPS) is 30.0. The first-order valence-electron chi connectivity index (χ1n) is 8.10. The average Bonchev–Trinajstić information content (AvgIpc) is 2.86. The number of ether oxygens (including phenoxy) is 1. The number of carbonyl (C=O) groups excluding carboxylic acids is 1. The van der Waals surface area contributed by atoms with Gasteiger partial charge in [0, 0.05) is 24.5 Å². The van der Waals surface area contributed by atoms with Gasteiger partial charge in [-0.05, 0) is 41.0 Å². The standard InChI is InChI=1S/C18H20Cl2INO2/c1-24-18(23)17-13(11-3-5-14(19)15(20)9-11)10-12-4-6-16(17)22(12)8-2-7-21/h2-3,5,7,9,12-13,16-17H,4,6,8,10H2,1H3/b7-2+/t12-,13+,16+,17-/m0/s1/i21+0. The molecule has 130 valence electrons. The lowest BCUT2D eigenvalue weighted by Crippen LogP contribution is -2.50. The van der Waals surface area contributed by atoms with Gasteiger partial charge in [-0.1, -0.05) is 57.9 Å². The fourth-order valence-electron chi connectivity index (χ4n) is 4.30. The Kier molecular flexibility index (Phi) is 6.11. The number of methoxy groups -OCH3 is 1. The molecule has 0 saturated carbocycles. The number of halogens is 3. The maximum absolute atomic E-state index is 12.6. The van der Waals surface area contributed by atoms with Crippen LogP contribution in [0, 0.1) is 5.92 Å². The number of benzene rings is 1. The molecule has 0 aromatic heterocycles. The van der Waals surface area contributed by atoms with Crippen LogP contribution in [0.5, 0.6) is 0 Å². The molecule has 2 saturated heterocycles. The lowest BCUT2D eigenvalue weighted by atomic mass is 9.76. The number of hydrogen-bond donors (Lipinski definition) is 0. The van der Waals surface area contributed by atoms with Crippen molar-refractivity contribution in [1.29, 1.82) is 0 Å². The van der Waals surface area contributed by atoms with Gasteiger partial charge in [0.25, 0.3) is 0 Å². The van der Waals surface area contributed by atoms with Crippen LogP contribution in [0.25, 0.3) is 0 Å². The van der Waals surface area contributed by atoms with E-state index in [2.05, 4.69) is 33.6 Å². The highest BCUT2D eigenvalue weighted by Crippen LogP contribution is 2.48. The summed E-state index contributed by atoms with van der Waals surface area (Å²) in [5.74, 6) is -0.155. The molecule has 2 fully saturated rings. The van der Waals surface area contributed by atoms with Crippen LogP contribution in [0.2, 0.25) is 10.0 Å². The van der Waals surface area contributed by atoms with Gasteiger partial charge in [-0.25, -0.2) is 0 Å². The Balaban J connectivity index is 1.94. The summed E-state index contributed by atoms with van der Waals surface area (Å²) in [6.07, 6.45) is 5.27. The van der Waals surface area contributed by atoms with Crippen LogP contribution in [-0.2, 0) is 9.53 Å². The van der Waals surface area contributed by atoms with Crippen molar-refractivity contribution in [2.75, 3.05) is 13.7 Å². The Morgan fingerprint density at radius 3 is 2.83 bits per heavy atom. The topological polar surface area (TPSA) is 29.5 Å². The number of hydrogen-bond acceptors (Lipinski definition) is 3. The van der Waals surface area contributed by atoms with E-state index in [-0.39, 0.29) is 23.8 Å². The van der Waals surface area contributed by atoms with Crippen LogP contribution in [0.4, 0.5) is 0 Å². The van der Waals surface area contributed by atoms with Crippen LogP contribution < -0.4 is 0 Å². The molecule has 1 aromatic carbocycles. The molecule has 0 amide bonds. The highest BCUT2D eigenvalue weighted by Gasteiger charge is 2.50. The van der Waals surface area contributed by atoms with E-state index in [1.807, 2.05) is 22.3 Å². The zero-order valence-electron chi connectivity index (χ0n) is 13.4. The highest BCUT2D eigenvalue weighted by molar-refractivity contribution is 14.1. The summed E-state index contributed by atoms with van der Waals surface area (Å²) in [5, 5.41) is 1.09. The van der Waals surface area contributed by atoms with Crippen molar-refractivity contribution in [3.8, 4) is 0 Å². The number of esters is 1. The molecule has 0 N–H and O–H groups in total. The van der Waals surface area contributed by atoms with Gasteiger partial charge in [-0.15, -0.1) is 0 Å². The molecule has 3 rings (SSSR count). The molecule has 24 heavy (non-hydrogen) atoms. The number of piperidine rings is 1. The predicted octanol–water partition coefficient (Wildman–Crippen LogP) is 5.05. The smallest absolute Gasteiger partial charge is 0.310 e. The van der Waals surface area contributed by atoms with Crippen LogP contribution in [0.1, 0.15) is 30.7 Å². The zero-order chi connectivity index (χ0) is 17.3. The molecule has 4 atom stereocenters. The van der Waals surface area contributed by atoms with Gasteiger partial charge in [0.2, 0.25) is 0 Å². The molecule has 2 aliphatic rings. The van der Waals surface area contributed by atoms with Gasteiger partial charge in [-0.3, -0.25) is 9.69 Å². The quantitative estimate of drug-likeness (QED) is 0.447. The van der Waals surface area contributed by atoms with E-state index >= 15 is 0 Å². The molecule has 0 spiro atoms. The molecule has 2 heterocycles. The van der Waals surface area contributed by atoms with Crippen molar-refractivity contribution in [2.24, 2.45) is 5.92 Å². The summed E-state index contributed by atoms with van der Waals surface area (Å²) < 4.78 is 7.19. The van der Waals surface area contributed by atoms with E-state index in [1.165, 1.54) is 7.11 Å². The van der Waals surface area contributed by atoms with E-state index in [0.717, 1.165) is 31.4 Å². The first-order chi connectivity index (χ1) is 11.6. The van der Waals surface area contributed by atoms with E-state index in [0.29, 0.717) is 16.1 Å². The summed E-state index contributed by atoms with van der Waals surface area (Å²) in [4.78, 5) is 15.0. The van der Waals surface area contributed by atoms with Crippen molar-refractivity contribution < 1.29 is 9.53 Å². The number of carbonyl (C=O) groups is 1. The molecule has 0 aliphatic carbocycles. The van der Waals surface area contributed by atoms with E-state index < -0.39 is 0 Å². The lowest BCUT2D eigenvalue weighted by molar-refractivity contribution is -0.150.